The van der Waals surface area contributed by atoms with Crippen molar-refractivity contribution in [2.45, 2.75) is 6.92 Å². The second-order valence-corrected chi connectivity index (χ2v) is 4.69. The SMILES string of the molecule is CC/N=C(/ON1C(=O)c2ccccc2C1=O)c1ccccc1. The standard InChI is InChI=1S/C17H14N2O3/c1-2-18-15(12-8-4-3-5-9-12)22-19-16(20)13-10-6-7-11-14(13)17(19)21/h3-11H,2H2,1H3/b18-15+. The first-order valence-electron chi connectivity index (χ1n) is 6.98. The summed E-state index contributed by atoms with van der Waals surface area (Å²) in [4.78, 5) is 34.4. The first kappa shape index (κ1) is 14.0. The highest BCUT2D eigenvalue weighted by Crippen LogP contribution is 2.23. The Labute approximate surface area is 127 Å². The Morgan fingerprint density at radius 1 is 0.955 bits per heavy atom. The zero-order chi connectivity index (χ0) is 15.5. The minimum absolute atomic E-state index is 0.248. The molecule has 1 aliphatic rings. The van der Waals surface area contributed by atoms with Crippen LogP contribution in [0.3, 0.4) is 0 Å². The van der Waals surface area contributed by atoms with Crippen molar-refractivity contribution in [2.75, 3.05) is 6.54 Å². The van der Waals surface area contributed by atoms with E-state index < -0.39 is 11.8 Å². The van der Waals surface area contributed by atoms with Crippen LogP contribution in [0.4, 0.5) is 0 Å². The van der Waals surface area contributed by atoms with Crippen molar-refractivity contribution in [2.24, 2.45) is 4.99 Å². The molecule has 0 spiro atoms. The zero-order valence-electron chi connectivity index (χ0n) is 12.0. The fourth-order valence-electron chi connectivity index (χ4n) is 2.23. The van der Waals surface area contributed by atoms with E-state index in [1.54, 1.807) is 24.3 Å². The molecule has 2 aromatic carbocycles. The second-order valence-electron chi connectivity index (χ2n) is 4.69. The van der Waals surface area contributed by atoms with E-state index >= 15 is 0 Å². The molecule has 2 aromatic rings. The molecule has 2 amide bonds. The highest BCUT2D eigenvalue weighted by atomic mass is 16.7. The summed E-state index contributed by atoms with van der Waals surface area (Å²) >= 11 is 0. The fraction of sp³-hybridized carbons (Fsp3) is 0.118. The van der Waals surface area contributed by atoms with Crippen molar-refractivity contribution < 1.29 is 14.4 Å². The molecule has 0 atom stereocenters. The lowest BCUT2D eigenvalue weighted by Crippen LogP contribution is -2.33. The smallest absolute Gasteiger partial charge is 0.295 e. The Kier molecular flexibility index (Phi) is 3.70. The van der Waals surface area contributed by atoms with Crippen LogP contribution in [0.2, 0.25) is 0 Å². The van der Waals surface area contributed by atoms with Gasteiger partial charge in [-0.3, -0.25) is 9.59 Å². The fourth-order valence-corrected chi connectivity index (χ4v) is 2.23. The van der Waals surface area contributed by atoms with E-state index in [1.807, 2.05) is 37.3 Å². The molecule has 1 heterocycles. The van der Waals surface area contributed by atoms with Crippen molar-refractivity contribution in [1.29, 1.82) is 0 Å². The Bertz CT molecular complexity index is 719. The number of hydroxylamine groups is 2. The molecular weight excluding hydrogens is 280 g/mol. The van der Waals surface area contributed by atoms with Crippen LogP contribution in [0.15, 0.2) is 59.6 Å². The molecule has 5 heteroatoms. The number of rotatable bonds is 3. The lowest BCUT2D eigenvalue weighted by atomic mass is 10.1. The zero-order valence-corrected chi connectivity index (χ0v) is 12.0. The molecule has 0 saturated carbocycles. The average molecular weight is 294 g/mol. The number of benzene rings is 2. The number of nitrogens with zero attached hydrogens (tertiary/aromatic N) is 2. The molecule has 5 nitrogen and oxygen atoms in total. The van der Waals surface area contributed by atoms with Crippen LogP contribution in [-0.4, -0.2) is 29.3 Å². The Balaban J connectivity index is 1.91. The van der Waals surface area contributed by atoms with Gasteiger partial charge in [0.1, 0.15) is 0 Å². The van der Waals surface area contributed by atoms with Crippen molar-refractivity contribution in [3.8, 4) is 0 Å². The first-order chi connectivity index (χ1) is 10.7. The molecule has 0 bridgehead atoms. The van der Waals surface area contributed by atoms with Gasteiger partial charge in [0.25, 0.3) is 11.8 Å². The number of amides is 2. The largest absolute Gasteiger partial charge is 0.348 e. The maximum absolute atomic E-state index is 12.3. The Morgan fingerprint density at radius 2 is 1.50 bits per heavy atom. The van der Waals surface area contributed by atoms with Gasteiger partial charge in [0.05, 0.1) is 11.1 Å². The minimum Gasteiger partial charge on any atom is -0.348 e. The average Bonchev–Trinajstić information content (AvgIpc) is 2.80. The number of aliphatic imine (C=N–C) groups is 1. The third-order valence-corrected chi connectivity index (χ3v) is 3.26. The molecule has 0 saturated heterocycles. The maximum Gasteiger partial charge on any atom is 0.295 e. The third-order valence-electron chi connectivity index (χ3n) is 3.26. The summed E-state index contributed by atoms with van der Waals surface area (Å²) < 4.78 is 0. The predicted molar refractivity (Wildman–Crippen MR) is 81.5 cm³/mol. The van der Waals surface area contributed by atoms with Gasteiger partial charge in [-0.1, -0.05) is 35.4 Å². The lowest BCUT2D eigenvalue weighted by molar-refractivity contribution is -0.0219. The van der Waals surface area contributed by atoms with E-state index in [0.29, 0.717) is 23.2 Å². The molecule has 0 radical (unpaired) electrons. The van der Waals surface area contributed by atoms with Gasteiger partial charge < -0.3 is 4.84 Å². The number of carbonyl (C=O) groups is 2. The Morgan fingerprint density at radius 3 is 2.05 bits per heavy atom. The van der Waals surface area contributed by atoms with Crippen LogP contribution in [0, 0.1) is 0 Å². The summed E-state index contributed by atoms with van der Waals surface area (Å²) in [7, 11) is 0. The summed E-state index contributed by atoms with van der Waals surface area (Å²) in [5, 5.41) is 0.770. The van der Waals surface area contributed by atoms with E-state index in [1.165, 1.54) is 0 Å². The van der Waals surface area contributed by atoms with Crippen LogP contribution >= 0.6 is 0 Å². The summed E-state index contributed by atoms with van der Waals surface area (Å²) in [6.07, 6.45) is 0. The lowest BCUT2D eigenvalue weighted by Gasteiger charge is -2.16. The molecule has 1 aliphatic heterocycles. The van der Waals surface area contributed by atoms with Crippen LogP contribution in [0.5, 0.6) is 0 Å². The quantitative estimate of drug-likeness (QED) is 0.497. The summed E-state index contributed by atoms with van der Waals surface area (Å²) in [5.74, 6) is -0.696. The number of hydrogen-bond donors (Lipinski definition) is 0. The molecule has 0 N–H and O–H groups in total. The number of hydrogen-bond acceptors (Lipinski definition) is 4. The topological polar surface area (TPSA) is 59.0 Å². The van der Waals surface area contributed by atoms with Gasteiger partial charge in [0, 0.05) is 12.1 Å². The highest BCUT2D eigenvalue weighted by molar-refractivity contribution is 6.21. The second kappa shape index (κ2) is 5.81. The molecule has 0 unspecified atom stereocenters. The molecule has 0 aromatic heterocycles. The first-order valence-corrected chi connectivity index (χ1v) is 6.98. The number of fused-ring (bicyclic) bond motifs is 1. The van der Waals surface area contributed by atoms with Gasteiger partial charge in [0.15, 0.2) is 0 Å². The van der Waals surface area contributed by atoms with Crippen molar-refractivity contribution in [1.82, 2.24) is 5.06 Å². The van der Waals surface area contributed by atoms with E-state index in [2.05, 4.69) is 4.99 Å². The van der Waals surface area contributed by atoms with E-state index in [9.17, 15) is 9.59 Å². The maximum atomic E-state index is 12.3. The van der Waals surface area contributed by atoms with E-state index in [-0.39, 0.29) is 5.90 Å². The van der Waals surface area contributed by atoms with Gasteiger partial charge >= 0.3 is 0 Å². The molecule has 0 fully saturated rings. The predicted octanol–water partition coefficient (Wildman–Crippen LogP) is 2.68. The normalized spacial score (nSPS) is 14.2. The van der Waals surface area contributed by atoms with Gasteiger partial charge in [0.2, 0.25) is 5.90 Å². The molecule has 0 aliphatic carbocycles. The molecular formula is C17H14N2O3. The number of imide groups is 1. The van der Waals surface area contributed by atoms with E-state index in [0.717, 1.165) is 5.06 Å². The van der Waals surface area contributed by atoms with Crippen LogP contribution in [0.1, 0.15) is 33.2 Å². The molecule has 22 heavy (non-hydrogen) atoms. The van der Waals surface area contributed by atoms with Crippen molar-refractivity contribution in [3.05, 3.63) is 71.3 Å². The Hall–Kier alpha value is -2.95. The van der Waals surface area contributed by atoms with Gasteiger partial charge in [-0.2, -0.15) is 0 Å². The highest BCUT2D eigenvalue weighted by Gasteiger charge is 2.38. The van der Waals surface area contributed by atoms with E-state index in [4.69, 9.17) is 4.84 Å². The van der Waals surface area contributed by atoms with Crippen LogP contribution in [-0.2, 0) is 4.84 Å². The van der Waals surface area contributed by atoms with Crippen molar-refractivity contribution >= 4 is 17.7 Å². The summed E-state index contributed by atoms with van der Waals surface area (Å²) in [6.45, 7) is 2.34. The number of carbonyl (C=O) groups excluding carboxylic acids is 2. The van der Waals surface area contributed by atoms with Crippen LogP contribution < -0.4 is 0 Å². The summed E-state index contributed by atoms with van der Waals surface area (Å²) in [6, 6.07) is 15.8. The third kappa shape index (κ3) is 2.37. The minimum atomic E-state index is -0.472. The van der Waals surface area contributed by atoms with Gasteiger partial charge in [-0.05, 0) is 31.2 Å². The van der Waals surface area contributed by atoms with Gasteiger partial charge in [-0.25, -0.2) is 4.99 Å². The van der Waals surface area contributed by atoms with Gasteiger partial charge in [-0.15, -0.1) is 0 Å². The summed E-state index contributed by atoms with van der Waals surface area (Å²) in [5.41, 5.74) is 1.40. The van der Waals surface area contributed by atoms with Crippen molar-refractivity contribution in [3.63, 3.8) is 0 Å². The molecule has 3 rings (SSSR count). The molecule has 110 valence electrons. The van der Waals surface area contributed by atoms with Crippen LogP contribution in [0.25, 0.3) is 0 Å². The monoisotopic (exact) mass is 294 g/mol.